The van der Waals surface area contributed by atoms with Crippen molar-refractivity contribution in [2.24, 2.45) is 5.73 Å². The molecule has 4 heteroatoms. The molecule has 1 unspecified atom stereocenters. The molecule has 14 heavy (non-hydrogen) atoms. The second-order valence-corrected chi connectivity index (χ2v) is 3.19. The Morgan fingerprint density at radius 3 is 3.07 bits per heavy atom. The lowest BCUT2D eigenvalue weighted by atomic mass is 10.2. The number of hydrogen-bond acceptors (Lipinski definition) is 3. The van der Waals surface area contributed by atoms with Gasteiger partial charge in [-0.25, -0.2) is 0 Å². The number of nitrogens with two attached hydrogens (primary N) is 1. The van der Waals surface area contributed by atoms with Crippen LogP contribution in [0.5, 0.6) is 0 Å². The summed E-state index contributed by atoms with van der Waals surface area (Å²) in [6.07, 6.45) is 3.20. The Bertz CT molecular complexity index is 270. The first-order chi connectivity index (χ1) is 6.74. The molecule has 0 saturated heterocycles. The number of carbonyl (C=O) groups excluding carboxylic acids is 1. The van der Waals surface area contributed by atoms with Crippen molar-refractivity contribution in [3.63, 3.8) is 0 Å². The first-order valence-electron chi connectivity index (χ1n) is 4.79. The summed E-state index contributed by atoms with van der Waals surface area (Å²) in [7, 11) is 0. The summed E-state index contributed by atoms with van der Waals surface area (Å²) in [6.45, 7) is 2.41. The van der Waals surface area contributed by atoms with Gasteiger partial charge in [-0.1, -0.05) is 13.3 Å². The molecule has 0 aromatic carbocycles. The Balaban J connectivity index is 2.27. The average molecular weight is 196 g/mol. The van der Waals surface area contributed by atoms with Crippen LogP contribution in [0.4, 0.5) is 0 Å². The smallest absolute Gasteiger partial charge is 0.237 e. The number of furan rings is 1. The predicted molar refractivity (Wildman–Crippen MR) is 53.4 cm³/mol. The van der Waals surface area contributed by atoms with Crippen LogP contribution in [0.1, 0.15) is 25.5 Å². The molecule has 78 valence electrons. The van der Waals surface area contributed by atoms with E-state index in [4.69, 9.17) is 10.2 Å². The average Bonchev–Trinajstić information content (AvgIpc) is 2.67. The molecule has 0 fully saturated rings. The van der Waals surface area contributed by atoms with Crippen molar-refractivity contribution < 1.29 is 9.21 Å². The fraction of sp³-hybridized carbons (Fsp3) is 0.500. The molecule has 0 radical (unpaired) electrons. The monoisotopic (exact) mass is 196 g/mol. The van der Waals surface area contributed by atoms with E-state index in [0.717, 1.165) is 12.2 Å². The van der Waals surface area contributed by atoms with Gasteiger partial charge in [-0.15, -0.1) is 0 Å². The van der Waals surface area contributed by atoms with E-state index in [9.17, 15) is 4.79 Å². The van der Waals surface area contributed by atoms with Crippen LogP contribution in [0.3, 0.4) is 0 Å². The van der Waals surface area contributed by atoms with Crippen molar-refractivity contribution in [1.29, 1.82) is 0 Å². The maximum Gasteiger partial charge on any atom is 0.237 e. The molecule has 0 aliphatic rings. The van der Waals surface area contributed by atoms with E-state index in [-0.39, 0.29) is 5.91 Å². The molecule has 0 bridgehead atoms. The molecule has 0 aliphatic heterocycles. The first kappa shape index (κ1) is 10.8. The molecule has 1 atom stereocenters. The molecular weight excluding hydrogens is 180 g/mol. The zero-order valence-corrected chi connectivity index (χ0v) is 8.32. The maximum atomic E-state index is 11.4. The summed E-state index contributed by atoms with van der Waals surface area (Å²) in [5.74, 6) is 0.616. The van der Waals surface area contributed by atoms with Crippen molar-refractivity contribution in [3.8, 4) is 0 Å². The highest BCUT2D eigenvalue weighted by molar-refractivity contribution is 5.81. The van der Waals surface area contributed by atoms with Crippen LogP contribution in [0.2, 0.25) is 0 Å². The van der Waals surface area contributed by atoms with Gasteiger partial charge >= 0.3 is 0 Å². The van der Waals surface area contributed by atoms with Crippen molar-refractivity contribution >= 4 is 5.91 Å². The van der Waals surface area contributed by atoms with E-state index in [1.165, 1.54) is 0 Å². The molecule has 1 aromatic rings. The van der Waals surface area contributed by atoms with Crippen LogP contribution >= 0.6 is 0 Å². The second kappa shape index (κ2) is 5.44. The lowest BCUT2D eigenvalue weighted by Gasteiger charge is -2.09. The molecule has 3 N–H and O–H groups in total. The van der Waals surface area contributed by atoms with E-state index in [1.54, 1.807) is 12.3 Å². The van der Waals surface area contributed by atoms with E-state index in [0.29, 0.717) is 13.0 Å². The summed E-state index contributed by atoms with van der Waals surface area (Å²) in [4.78, 5) is 11.4. The second-order valence-electron chi connectivity index (χ2n) is 3.19. The molecular formula is C10H16N2O2. The molecule has 1 aromatic heterocycles. The van der Waals surface area contributed by atoms with Crippen LogP contribution in [-0.2, 0) is 11.3 Å². The van der Waals surface area contributed by atoms with Crippen LogP contribution < -0.4 is 11.1 Å². The molecule has 1 heterocycles. The molecule has 0 spiro atoms. The van der Waals surface area contributed by atoms with Crippen molar-refractivity contribution in [2.75, 3.05) is 0 Å². The minimum Gasteiger partial charge on any atom is -0.467 e. The Hall–Kier alpha value is -1.29. The third kappa shape index (κ3) is 3.22. The van der Waals surface area contributed by atoms with Gasteiger partial charge in [0.15, 0.2) is 0 Å². The number of rotatable bonds is 5. The van der Waals surface area contributed by atoms with Crippen molar-refractivity contribution in [3.05, 3.63) is 24.2 Å². The number of hydrogen-bond donors (Lipinski definition) is 2. The molecule has 1 amide bonds. The highest BCUT2D eigenvalue weighted by atomic mass is 16.3. The Labute approximate surface area is 83.5 Å². The Kier molecular flexibility index (Phi) is 4.19. The quantitative estimate of drug-likeness (QED) is 0.738. The Morgan fingerprint density at radius 1 is 1.71 bits per heavy atom. The molecule has 0 aliphatic carbocycles. The lowest BCUT2D eigenvalue weighted by Crippen LogP contribution is -2.39. The number of nitrogens with one attached hydrogen (secondary N) is 1. The highest BCUT2D eigenvalue weighted by Crippen LogP contribution is 1.99. The topological polar surface area (TPSA) is 68.3 Å². The summed E-state index contributed by atoms with van der Waals surface area (Å²) in [5, 5.41) is 2.71. The van der Waals surface area contributed by atoms with Gasteiger partial charge in [-0.2, -0.15) is 0 Å². The van der Waals surface area contributed by atoms with Crippen LogP contribution in [-0.4, -0.2) is 11.9 Å². The van der Waals surface area contributed by atoms with Gasteiger partial charge in [-0.3, -0.25) is 4.79 Å². The fourth-order valence-corrected chi connectivity index (χ4v) is 1.16. The van der Waals surface area contributed by atoms with Crippen LogP contribution in [0.15, 0.2) is 22.8 Å². The van der Waals surface area contributed by atoms with Crippen molar-refractivity contribution in [1.82, 2.24) is 5.32 Å². The van der Waals surface area contributed by atoms with Crippen LogP contribution in [0.25, 0.3) is 0 Å². The Morgan fingerprint density at radius 2 is 2.50 bits per heavy atom. The molecule has 4 nitrogen and oxygen atoms in total. The van der Waals surface area contributed by atoms with E-state index in [2.05, 4.69) is 5.32 Å². The van der Waals surface area contributed by atoms with E-state index in [1.807, 2.05) is 13.0 Å². The van der Waals surface area contributed by atoms with Gasteiger partial charge in [-0.05, 0) is 18.6 Å². The third-order valence-electron chi connectivity index (χ3n) is 1.95. The van der Waals surface area contributed by atoms with Crippen molar-refractivity contribution in [2.45, 2.75) is 32.4 Å². The van der Waals surface area contributed by atoms with Gasteiger partial charge in [0.1, 0.15) is 5.76 Å². The number of carbonyl (C=O) groups is 1. The summed E-state index contributed by atoms with van der Waals surface area (Å²) in [6, 6.07) is 3.19. The summed E-state index contributed by atoms with van der Waals surface area (Å²) >= 11 is 0. The third-order valence-corrected chi connectivity index (χ3v) is 1.95. The first-order valence-corrected chi connectivity index (χ1v) is 4.79. The zero-order chi connectivity index (χ0) is 10.4. The normalized spacial score (nSPS) is 12.4. The summed E-state index contributed by atoms with van der Waals surface area (Å²) in [5.41, 5.74) is 5.62. The van der Waals surface area contributed by atoms with Crippen LogP contribution in [0, 0.1) is 0 Å². The largest absolute Gasteiger partial charge is 0.467 e. The van der Waals surface area contributed by atoms with Gasteiger partial charge in [0.05, 0.1) is 18.8 Å². The SMILES string of the molecule is CCCC(N)C(=O)NCc1ccco1. The zero-order valence-electron chi connectivity index (χ0n) is 8.32. The van der Waals surface area contributed by atoms with E-state index < -0.39 is 6.04 Å². The number of amides is 1. The minimum atomic E-state index is -0.407. The maximum absolute atomic E-state index is 11.4. The van der Waals surface area contributed by atoms with Gasteiger partial charge in [0.25, 0.3) is 0 Å². The summed E-state index contributed by atoms with van der Waals surface area (Å²) < 4.78 is 5.07. The highest BCUT2D eigenvalue weighted by Gasteiger charge is 2.11. The van der Waals surface area contributed by atoms with Gasteiger partial charge in [0.2, 0.25) is 5.91 Å². The molecule has 1 rings (SSSR count). The standard InChI is InChI=1S/C10H16N2O2/c1-2-4-9(11)10(13)12-7-8-5-3-6-14-8/h3,5-6,9H,2,4,7,11H2,1H3,(H,12,13). The minimum absolute atomic E-state index is 0.122. The van der Waals surface area contributed by atoms with Gasteiger partial charge in [0, 0.05) is 0 Å². The van der Waals surface area contributed by atoms with E-state index >= 15 is 0 Å². The molecule has 0 saturated carbocycles. The lowest BCUT2D eigenvalue weighted by molar-refractivity contribution is -0.122. The fourth-order valence-electron chi connectivity index (χ4n) is 1.16. The van der Waals surface area contributed by atoms with Gasteiger partial charge < -0.3 is 15.5 Å². The predicted octanol–water partition coefficient (Wildman–Crippen LogP) is 1.02.